The third kappa shape index (κ3) is 4.05. The van der Waals surface area contributed by atoms with Crippen LogP contribution in [0.3, 0.4) is 0 Å². The van der Waals surface area contributed by atoms with Crippen molar-refractivity contribution < 1.29 is 9.47 Å². The van der Waals surface area contributed by atoms with Crippen molar-refractivity contribution in [1.82, 2.24) is 10.6 Å². The number of nitrogens with one attached hydrogen (secondary N) is 2. The molecule has 2 saturated heterocycles. The van der Waals surface area contributed by atoms with Crippen molar-refractivity contribution in [2.75, 3.05) is 33.0 Å². The molecule has 0 spiro atoms. The number of rotatable bonds is 3. The summed E-state index contributed by atoms with van der Waals surface area (Å²) in [7, 11) is 0. The Balaban J connectivity index is 0.00000133. The van der Waals surface area contributed by atoms with Gasteiger partial charge >= 0.3 is 0 Å². The maximum absolute atomic E-state index is 5.62. The zero-order valence-corrected chi connectivity index (χ0v) is 12.4. The van der Waals surface area contributed by atoms with Crippen molar-refractivity contribution in [3.8, 4) is 0 Å². The molecule has 0 aromatic heterocycles. The van der Waals surface area contributed by atoms with Crippen molar-refractivity contribution in [1.29, 1.82) is 0 Å². The number of halogens is 1. The smallest absolute Gasteiger partial charge is 0.0623 e. The second-order valence-corrected chi connectivity index (χ2v) is 5.89. The molecule has 2 heterocycles. The monoisotopic (exact) mass is 290 g/mol. The maximum atomic E-state index is 5.62. The molecule has 2 aliphatic heterocycles. The Morgan fingerprint density at radius 2 is 1.79 bits per heavy atom. The molecule has 2 N–H and O–H groups in total. The average molecular weight is 291 g/mol. The normalized spacial score (nSPS) is 36.9. The molecule has 1 aliphatic carbocycles. The van der Waals surface area contributed by atoms with Gasteiger partial charge in [0, 0.05) is 37.9 Å². The average Bonchev–Trinajstić information content (AvgIpc) is 2.89. The molecule has 3 unspecified atom stereocenters. The summed E-state index contributed by atoms with van der Waals surface area (Å²) in [5.74, 6) is 0.758. The van der Waals surface area contributed by atoms with E-state index in [0.717, 1.165) is 38.9 Å². The molecule has 0 aromatic carbocycles. The lowest BCUT2D eigenvalue weighted by molar-refractivity contribution is 0.0456. The summed E-state index contributed by atoms with van der Waals surface area (Å²) in [4.78, 5) is 0. The first-order valence-electron chi connectivity index (χ1n) is 7.58. The molecular formula is C14H27ClN2O2. The fourth-order valence-electron chi connectivity index (χ4n) is 3.70. The van der Waals surface area contributed by atoms with Crippen LogP contribution < -0.4 is 10.6 Å². The highest BCUT2D eigenvalue weighted by atomic mass is 35.5. The zero-order valence-electron chi connectivity index (χ0n) is 11.6. The van der Waals surface area contributed by atoms with Crippen LogP contribution >= 0.6 is 12.4 Å². The summed E-state index contributed by atoms with van der Waals surface area (Å²) in [5, 5.41) is 7.53. The predicted octanol–water partition coefficient (Wildman–Crippen LogP) is 1.33. The van der Waals surface area contributed by atoms with Crippen LogP contribution in [0.1, 0.15) is 32.1 Å². The van der Waals surface area contributed by atoms with Gasteiger partial charge in [0.1, 0.15) is 0 Å². The van der Waals surface area contributed by atoms with Gasteiger partial charge in [-0.15, -0.1) is 12.4 Å². The fraction of sp³-hybridized carbons (Fsp3) is 1.00. The highest BCUT2D eigenvalue weighted by Crippen LogP contribution is 2.30. The Kier molecular flexibility index (Phi) is 6.36. The van der Waals surface area contributed by atoms with Crippen LogP contribution in [0, 0.1) is 5.92 Å². The Morgan fingerprint density at radius 1 is 0.947 bits per heavy atom. The van der Waals surface area contributed by atoms with E-state index in [4.69, 9.17) is 9.47 Å². The Morgan fingerprint density at radius 3 is 2.53 bits per heavy atom. The van der Waals surface area contributed by atoms with E-state index in [9.17, 15) is 0 Å². The molecule has 0 radical (unpaired) electrons. The second-order valence-electron chi connectivity index (χ2n) is 5.89. The number of hydrogen-bond donors (Lipinski definition) is 2. The molecule has 3 aliphatic rings. The Labute approximate surface area is 122 Å². The molecule has 3 fully saturated rings. The summed E-state index contributed by atoms with van der Waals surface area (Å²) >= 11 is 0. The fourth-order valence-corrected chi connectivity index (χ4v) is 3.70. The SMILES string of the molecule is C1CC(NC2CCOCC2)C(C2COCCN2)C1.Cl. The molecule has 19 heavy (non-hydrogen) atoms. The third-order valence-electron chi connectivity index (χ3n) is 4.71. The Hall–Kier alpha value is 0.130. The molecule has 1 saturated carbocycles. The molecule has 0 aromatic rings. The van der Waals surface area contributed by atoms with Gasteiger partial charge in [-0.25, -0.2) is 0 Å². The van der Waals surface area contributed by atoms with Crippen LogP contribution in [-0.4, -0.2) is 51.1 Å². The first-order chi connectivity index (χ1) is 8.93. The lowest BCUT2D eigenvalue weighted by Crippen LogP contribution is -2.53. The van der Waals surface area contributed by atoms with Crippen molar-refractivity contribution in [3.05, 3.63) is 0 Å². The van der Waals surface area contributed by atoms with E-state index in [0.29, 0.717) is 18.1 Å². The van der Waals surface area contributed by atoms with Gasteiger partial charge in [-0.05, 0) is 31.6 Å². The number of morpholine rings is 1. The van der Waals surface area contributed by atoms with Crippen molar-refractivity contribution in [2.24, 2.45) is 5.92 Å². The topological polar surface area (TPSA) is 42.5 Å². The van der Waals surface area contributed by atoms with E-state index in [1.807, 2.05) is 0 Å². The molecular weight excluding hydrogens is 264 g/mol. The van der Waals surface area contributed by atoms with E-state index < -0.39 is 0 Å². The van der Waals surface area contributed by atoms with Gasteiger partial charge in [-0.1, -0.05) is 6.42 Å². The first-order valence-corrected chi connectivity index (χ1v) is 7.58. The second kappa shape index (κ2) is 7.79. The highest BCUT2D eigenvalue weighted by molar-refractivity contribution is 5.85. The minimum absolute atomic E-state index is 0. The molecule has 112 valence electrons. The van der Waals surface area contributed by atoms with Crippen LogP contribution in [0.15, 0.2) is 0 Å². The van der Waals surface area contributed by atoms with E-state index in [1.54, 1.807) is 0 Å². The number of ether oxygens (including phenoxy) is 2. The third-order valence-corrected chi connectivity index (χ3v) is 4.71. The highest BCUT2D eigenvalue weighted by Gasteiger charge is 2.35. The lowest BCUT2D eigenvalue weighted by atomic mass is 9.93. The molecule has 4 nitrogen and oxygen atoms in total. The largest absolute Gasteiger partial charge is 0.381 e. The van der Waals surface area contributed by atoms with Gasteiger partial charge in [0.2, 0.25) is 0 Å². The van der Waals surface area contributed by atoms with E-state index in [2.05, 4.69) is 10.6 Å². The van der Waals surface area contributed by atoms with Gasteiger partial charge in [-0.3, -0.25) is 0 Å². The lowest BCUT2D eigenvalue weighted by Gasteiger charge is -2.35. The maximum Gasteiger partial charge on any atom is 0.0623 e. The van der Waals surface area contributed by atoms with Gasteiger partial charge in [-0.2, -0.15) is 0 Å². The molecule has 0 amide bonds. The van der Waals surface area contributed by atoms with Crippen LogP contribution in [0.4, 0.5) is 0 Å². The molecule has 5 heteroatoms. The van der Waals surface area contributed by atoms with Crippen molar-refractivity contribution in [3.63, 3.8) is 0 Å². The van der Waals surface area contributed by atoms with E-state index >= 15 is 0 Å². The standard InChI is InChI=1S/C14H26N2O2.ClH/c1-2-12(14-10-18-9-6-15-14)13(3-1)16-11-4-7-17-8-5-11;/h11-16H,1-10H2;1H. The van der Waals surface area contributed by atoms with E-state index in [1.165, 1.54) is 32.1 Å². The first kappa shape index (κ1) is 15.5. The summed E-state index contributed by atoms with van der Waals surface area (Å²) in [6, 6.07) is 1.93. The number of hydrogen-bond acceptors (Lipinski definition) is 4. The van der Waals surface area contributed by atoms with Crippen LogP contribution in [0.2, 0.25) is 0 Å². The van der Waals surface area contributed by atoms with Crippen molar-refractivity contribution >= 4 is 12.4 Å². The molecule has 3 rings (SSSR count). The minimum atomic E-state index is 0. The Bertz CT molecular complexity index is 256. The van der Waals surface area contributed by atoms with Gasteiger partial charge < -0.3 is 20.1 Å². The van der Waals surface area contributed by atoms with E-state index in [-0.39, 0.29) is 12.4 Å². The summed E-state index contributed by atoms with van der Waals surface area (Å²) in [6.07, 6.45) is 6.40. The summed E-state index contributed by atoms with van der Waals surface area (Å²) in [6.45, 7) is 4.66. The van der Waals surface area contributed by atoms with Gasteiger partial charge in [0.25, 0.3) is 0 Å². The van der Waals surface area contributed by atoms with Crippen LogP contribution in [0.25, 0.3) is 0 Å². The zero-order chi connectivity index (χ0) is 12.2. The molecule has 0 bridgehead atoms. The quantitative estimate of drug-likeness (QED) is 0.823. The van der Waals surface area contributed by atoms with Crippen LogP contribution in [0.5, 0.6) is 0 Å². The predicted molar refractivity (Wildman–Crippen MR) is 78.0 cm³/mol. The van der Waals surface area contributed by atoms with Gasteiger partial charge in [0.15, 0.2) is 0 Å². The minimum Gasteiger partial charge on any atom is -0.381 e. The molecule has 3 atom stereocenters. The summed E-state index contributed by atoms with van der Waals surface area (Å²) in [5.41, 5.74) is 0. The van der Waals surface area contributed by atoms with Gasteiger partial charge in [0.05, 0.1) is 13.2 Å². The van der Waals surface area contributed by atoms with Crippen LogP contribution in [-0.2, 0) is 9.47 Å². The van der Waals surface area contributed by atoms with Crippen molar-refractivity contribution in [2.45, 2.75) is 50.2 Å². The summed E-state index contributed by atoms with van der Waals surface area (Å²) < 4.78 is 11.1.